The zero-order valence-electron chi connectivity index (χ0n) is 8.01. The molecule has 0 spiro atoms. The topological polar surface area (TPSA) is 90.2 Å². The van der Waals surface area contributed by atoms with Gasteiger partial charge in [-0.2, -0.15) is 0 Å². The first-order chi connectivity index (χ1) is 6.52. The van der Waals surface area contributed by atoms with Crippen molar-refractivity contribution in [2.45, 2.75) is 6.29 Å². The zero-order chi connectivity index (χ0) is 11.1. The van der Waals surface area contributed by atoms with E-state index in [-0.39, 0.29) is 17.1 Å². The molecule has 1 aromatic carbocycles. The summed E-state index contributed by atoms with van der Waals surface area (Å²) in [5, 5.41) is 35.1. The average Bonchev–Trinajstić information content (AvgIpc) is 2.10. The van der Waals surface area contributed by atoms with Gasteiger partial charge in [0.25, 0.3) is 0 Å². The van der Waals surface area contributed by atoms with E-state index < -0.39 is 6.29 Å². The highest BCUT2D eigenvalue weighted by molar-refractivity contribution is 5.39. The van der Waals surface area contributed by atoms with Crippen molar-refractivity contribution in [3.05, 3.63) is 23.8 Å². The lowest BCUT2D eigenvalue weighted by atomic mass is 10.2. The Balaban J connectivity index is 0.000000500. The smallest absolute Gasteiger partial charge is 0.182 e. The Labute approximate surface area is 81.8 Å². The summed E-state index contributed by atoms with van der Waals surface area (Å²) >= 11 is 0. The lowest BCUT2D eigenvalue weighted by Crippen LogP contribution is -1.94. The van der Waals surface area contributed by atoms with Crippen LogP contribution in [-0.2, 0) is 4.74 Å². The maximum atomic E-state index is 8.97. The van der Waals surface area contributed by atoms with Crippen LogP contribution in [0, 0.1) is 0 Å². The summed E-state index contributed by atoms with van der Waals surface area (Å²) in [6.45, 7) is 0. The van der Waals surface area contributed by atoms with Crippen LogP contribution < -0.4 is 0 Å². The molecular formula is C9H14O5. The van der Waals surface area contributed by atoms with E-state index in [1.165, 1.54) is 12.1 Å². The molecule has 0 aliphatic rings. The molecule has 0 amide bonds. The maximum absolute atomic E-state index is 8.97. The highest BCUT2D eigenvalue weighted by Crippen LogP contribution is 2.26. The number of ether oxygens (including phenoxy) is 1. The monoisotopic (exact) mass is 202 g/mol. The van der Waals surface area contributed by atoms with Gasteiger partial charge in [-0.15, -0.1) is 0 Å². The summed E-state index contributed by atoms with van der Waals surface area (Å²) in [6.07, 6.45) is -1.76. The summed E-state index contributed by atoms with van der Waals surface area (Å²) in [6, 6.07) is 3.52. The Kier molecular flexibility index (Phi) is 5.62. The van der Waals surface area contributed by atoms with Gasteiger partial charge < -0.3 is 25.2 Å². The summed E-state index contributed by atoms with van der Waals surface area (Å²) in [5.41, 5.74) is -0.106. The number of aromatic hydroxyl groups is 2. The fraction of sp³-hybridized carbons (Fsp3) is 0.333. The van der Waals surface area contributed by atoms with Crippen LogP contribution >= 0.6 is 0 Å². The molecule has 5 heteroatoms. The molecular weight excluding hydrogens is 188 g/mol. The van der Waals surface area contributed by atoms with Crippen molar-refractivity contribution in [2.75, 3.05) is 14.2 Å². The van der Waals surface area contributed by atoms with E-state index in [9.17, 15) is 0 Å². The minimum Gasteiger partial charge on any atom is -0.508 e. The molecule has 0 atom stereocenters. The van der Waals surface area contributed by atoms with Gasteiger partial charge in [0, 0.05) is 14.2 Å². The molecule has 0 saturated heterocycles. The molecule has 1 aromatic rings. The van der Waals surface area contributed by atoms with E-state index in [1.807, 2.05) is 0 Å². The standard InChI is InChI=1S/C7H8O4.C2H6O/c8-4-1-2-6(9)5(3-4)7(10)11;1-3-2/h1-3,7-11H;1-2H3. The molecule has 0 radical (unpaired) electrons. The number of methoxy groups -OCH3 is 1. The van der Waals surface area contributed by atoms with Gasteiger partial charge in [0.15, 0.2) is 6.29 Å². The summed E-state index contributed by atoms with van der Waals surface area (Å²) in [5.74, 6) is -0.372. The molecule has 0 fully saturated rings. The average molecular weight is 202 g/mol. The minimum atomic E-state index is -1.76. The van der Waals surface area contributed by atoms with Crippen LogP contribution in [0.25, 0.3) is 0 Å². The largest absolute Gasteiger partial charge is 0.508 e. The van der Waals surface area contributed by atoms with Gasteiger partial charge in [-0.1, -0.05) is 0 Å². The van der Waals surface area contributed by atoms with E-state index in [1.54, 1.807) is 14.2 Å². The van der Waals surface area contributed by atoms with Gasteiger partial charge in [-0.05, 0) is 18.2 Å². The minimum absolute atomic E-state index is 0.106. The Bertz CT molecular complexity index is 272. The van der Waals surface area contributed by atoms with Gasteiger partial charge in [0.1, 0.15) is 11.5 Å². The van der Waals surface area contributed by atoms with E-state index in [0.29, 0.717) is 0 Å². The lowest BCUT2D eigenvalue weighted by molar-refractivity contribution is -0.0440. The van der Waals surface area contributed by atoms with Crippen LogP contribution in [0.3, 0.4) is 0 Å². The molecule has 1 rings (SSSR count). The second kappa shape index (κ2) is 6.20. The second-order valence-corrected chi connectivity index (χ2v) is 2.53. The van der Waals surface area contributed by atoms with Crippen molar-refractivity contribution in [2.24, 2.45) is 0 Å². The van der Waals surface area contributed by atoms with Gasteiger partial charge in [0.05, 0.1) is 5.56 Å². The fourth-order valence-electron chi connectivity index (χ4n) is 0.749. The number of benzene rings is 1. The SMILES string of the molecule is COC.Oc1ccc(O)c(C(O)O)c1. The fourth-order valence-corrected chi connectivity index (χ4v) is 0.749. The van der Waals surface area contributed by atoms with Crippen molar-refractivity contribution in [1.29, 1.82) is 0 Å². The molecule has 14 heavy (non-hydrogen) atoms. The number of hydrogen-bond acceptors (Lipinski definition) is 5. The molecule has 0 saturated carbocycles. The molecule has 0 bridgehead atoms. The summed E-state index contributed by atoms with van der Waals surface area (Å²) in [7, 11) is 3.25. The number of phenols is 2. The summed E-state index contributed by atoms with van der Waals surface area (Å²) in [4.78, 5) is 0. The highest BCUT2D eigenvalue weighted by Gasteiger charge is 2.08. The van der Waals surface area contributed by atoms with Crippen molar-refractivity contribution in [3.63, 3.8) is 0 Å². The molecule has 0 aliphatic carbocycles. The van der Waals surface area contributed by atoms with Gasteiger partial charge in [0.2, 0.25) is 0 Å². The second-order valence-electron chi connectivity index (χ2n) is 2.53. The van der Waals surface area contributed by atoms with Gasteiger partial charge in [-0.3, -0.25) is 0 Å². The van der Waals surface area contributed by atoms with Crippen LogP contribution in [-0.4, -0.2) is 34.6 Å². The van der Waals surface area contributed by atoms with Crippen LogP contribution in [0.5, 0.6) is 11.5 Å². The molecule has 80 valence electrons. The number of aliphatic hydroxyl groups is 2. The predicted molar refractivity (Wildman–Crippen MR) is 49.9 cm³/mol. The third kappa shape index (κ3) is 4.08. The highest BCUT2D eigenvalue weighted by atomic mass is 16.5. The number of phenolic OH excluding ortho intramolecular Hbond substituents is 2. The van der Waals surface area contributed by atoms with Crippen LogP contribution in [0.15, 0.2) is 18.2 Å². The first kappa shape index (κ1) is 12.7. The van der Waals surface area contributed by atoms with E-state index in [2.05, 4.69) is 4.74 Å². The van der Waals surface area contributed by atoms with Crippen molar-refractivity contribution in [3.8, 4) is 11.5 Å². The quantitative estimate of drug-likeness (QED) is 0.389. The third-order valence-electron chi connectivity index (χ3n) is 1.29. The van der Waals surface area contributed by atoms with E-state index in [0.717, 1.165) is 6.07 Å². The lowest BCUT2D eigenvalue weighted by Gasteiger charge is -2.05. The number of aliphatic hydroxyl groups excluding tert-OH is 1. The van der Waals surface area contributed by atoms with Crippen LogP contribution in [0.4, 0.5) is 0 Å². The Morgan fingerprint density at radius 3 is 2.00 bits per heavy atom. The Hall–Kier alpha value is -1.30. The normalized spacial score (nSPS) is 9.50. The number of rotatable bonds is 1. The summed E-state index contributed by atoms with van der Waals surface area (Å²) < 4.78 is 4.25. The van der Waals surface area contributed by atoms with Gasteiger partial charge in [-0.25, -0.2) is 0 Å². The molecule has 4 N–H and O–H groups in total. The van der Waals surface area contributed by atoms with Crippen molar-refractivity contribution in [1.82, 2.24) is 0 Å². The third-order valence-corrected chi connectivity index (χ3v) is 1.29. The van der Waals surface area contributed by atoms with Gasteiger partial charge >= 0.3 is 0 Å². The number of hydrogen-bond donors (Lipinski definition) is 4. The molecule has 0 aliphatic heterocycles. The zero-order valence-corrected chi connectivity index (χ0v) is 8.01. The van der Waals surface area contributed by atoms with E-state index in [4.69, 9.17) is 20.4 Å². The van der Waals surface area contributed by atoms with Crippen LogP contribution in [0.1, 0.15) is 11.9 Å². The predicted octanol–water partition coefficient (Wildman–Crippen LogP) is 0.344. The van der Waals surface area contributed by atoms with Crippen molar-refractivity contribution < 1.29 is 25.2 Å². The Morgan fingerprint density at radius 1 is 1.14 bits per heavy atom. The first-order valence-electron chi connectivity index (χ1n) is 3.81. The molecule has 0 heterocycles. The molecule has 0 unspecified atom stereocenters. The molecule has 0 aromatic heterocycles. The Morgan fingerprint density at radius 2 is 1.64 bits per heavy atom. The molecule has 5 nitrogen and oxygen atoms in total. The maximum Gasteiger partial charge on any atom is 0.182 e. The van der Waals surface area contributed by atoms with Crippen LogP contribution in [0.2, 0.25) is 0 Å². The first-order valence-corrected chi connectivity index (χ1v) is 3.81. The van der Waals surface area contributed by atoms with E-state index >= 15 is 0 Å². The van der Waals surface area contributed by atoms with Crippen molar-refractivity contribution >= 4 is 0 Å².